The maximum absolute atomic E-state index is 12.8. The summed E-state index contributed by atoms with van der Waals surface area (Å²) in [6.07, 6.45) is 3.93. The number of sulfone groups is 1. The van der Waals surface area contributed by atoms with E-state index in [1.807, 2.05) is 0 Å². The summed E-state index contributed by atoms with van der Waals surface area (Å²) >= 11 is 0. The number of nitrogens with one attached hydrogen (secondary N) is 1. The number of piperidine rings is 2. The van der Waals surface area contributed by atoms with Gasteiger partial charge in [0.2, 0.25) is 0 Å². The molecule has 3 N–H and O–H groups in total. The monoisotopic (exact) mass is 331 g/mol. The second-order valence-electron chi connectivity index (χ2n) is 6.86. The summed E-state index contributed by atoms with van der Waals surface area (Å²) in [4.78, 5) is 2.42. The Morgan fingerprint density at radius 1 is 1.00 bits per heavy atom. The maximum atomic E-state index is 12.8. The Kier molecular flexibility index (Phi) is 5.39. The van der Waals surface area contributed by atoms with Crippen molar-refractivity contribution < 1.29 is 13.2 Å². The van der Waals surface area contributed by atoms with Crippen LogP contribution >= 0.6 is 0 Å². The molecule has 0 bridgehead atoms. The molecule has 0 amide bonds. The number of rotatable bonds is 3. The van der Waals surface area contributed by atoms with E-state index in [2.05, 4.69) is 10.2 Å². The molecule has 3 aliphatic heterocycles. The molecule has 128 valence electrons. The number of nitrogens with zero attached hydrogens (tertiary/aromatic N) is 1. The van der Waals surface area contributed by atoms with E-state index in [1.165, 1.54) is 0 Å². The summed E-state index contributed by atoms with van der Waals surface area (Å²) in [6, 6.07) is 0.574. The lowest BCUT2D eigenvalue weighted by atomic mass is 9.97. The lowest BCUT2D eigenvalue weighted by molar-refractivity contribution is 0.0972. The molecule has 7 heteroatoms. The summed E-state index contributed by atoms with van der Waals surface area (Å²) in [7, 11) is -3.00. The molecule has 3 saturated heterocycles. The minimum Gasteiger partial charge on any atom is -0.381 e. The molecule has 2 atom stereocenters. The first-order valence-electron chi connectivity index (χ1n) is 8.60. The predicted octanol–water partition coefficient (Wildman–Crippen LogP) is -0.266. The van der Waals surface area contributed by atoms with Crippen LogP contribution in [-0.4, -0.2) is 75.3 Å². The molecule has 6 nitrogen and oxygen atoms in total. The van der Waals surface area contributed by atoms with E-state index in [0.29, 0.717) is 32.1 Å². The Morgan fingerprint density at radius 3 is 2.27 bits per heavy atom. The van der Waals surface area contributed by atoms with Crippen LogP contribution in [0.3, 0.4) is 0 Å². The van der Waals surface area contributed by atoms with Crippen LogP contribution in [0.25, 0.3) is 0 Å². The third-order valence-corrected chi connectivity index (χ3v) is 8.34. The zero-order chi connectivity index (χ0) is 15.6. The summed E-state index contributed by atoms with van der Waals surface area (Å²) in [5.41, 5.74) is 6.21. The highest BCUT2D eigenvalue weighted by Gasteiger charge is 2.39. The fourth-order valence-corrected chi connectivity index (χ4v) is 6.40. The van der Waals surface area contributed by atoms with Gasteiger partial charge in [0.05, 0.1) is 10.5 Å². The van der Waals surface area contributed by atoms with Gasteiger partial charge in [0.25, 0.3) is 0 Å². The normalized spacial score (nSPS) is 33.9. The van der Waals surface area contributed by atoms with Crippen LogP contribution < -0.4 is 11.1 Å². The van der Waals surface area contributed by atoms with Crippen molar-refractivity contribution >= 4 is 9.84 Å². The van der Waals surface area contributed by atoms with Crippen molar-refractivity contribution in [2.75, 3.05) is 39.4 Å². The summed E-state index contributed by atoms with van der Waals surface area (Å²) in [6.45, 7) is 4.79. The Bertz CT molecular complexity index is 457. The number of nitrogens with two attached hydrogens (primary N) is 1. The van der Waals surface area contributed by atoms with Crippen LogP contribution in [0.5, 0.6) is 0 Å². The molecule has 0 saturated carbocycles. The van der Waals surface area contributed by atoms with Crippen molar-refractivity contribution in [1.29, 1.82) is 0 Å². The minimum atomic E-state index is -3.00. The van der Waals surface area contributed by atoms with Gasteiger partial charge in [-0.15, -0.1) is 0 Å². The van der Waals surface area contributed by atoms with Crippen LogP contribution in [0, 0.1) is 0 Å². The largest absolute Gasteiger partial charge is 0.381 e. The van der Waals surface area contributed by atoms with Crippen molar-refractivity contribution in [1.82, 2.24) is 10.2 Å². The highest BCUT2D eigenvalue weighted by Crippen LogP contribution is 2.28. The number of likely N-dealkylation sites (tertiary alicyclic amines) is 1. The highest BCUT2D eigenvalue weighted by atomic mass is 32.2. The molecule has 0 spiro atoms. The molecule has 0 aliphatic carbocycles. The molecule has 0 aromatic carbocycles. The van der Waals surface area contributed by atoms with Gasteiger partial charge >= 0.3 is 0 Å². The Labute approximate surface area is 133 Å². The van der Waals surface area contributed by atoms with Crippen molar-refractivity contribution in [2.45, 2.75) is 54.7 Å². The molecule has 3 heterocycles. The van der Waals surface area contributed by atoms with Crippen molar-refractivity contribution in [3.05, 3.63) is 0 Å². The number of hydrogen-bond donors (Lipinski definition) is 2. The van der Waals surface area contributed by atoms with Gasteiger partial charge in [0.15, 0.2) is 9.84 Å². The lowest BCUT2D eigenvalue weighted by Gasteiger charge is -2.42. The van der Waals surface area contributed by atoms with Gasteiger partial charge in [-0.25, -0.2) is 8.42 Å². The van der Waals surface area contributed by atoms with Crippen molar-refractivity contribution in [2.24, 2.45) is 5.73 Å². The first-order chi connectivity index (χ1) is 10.6. The number of hydrogen-bond acceptors (Lipinski definition) is 6. The Hall–Kier alpha value is -0.210. The van der Waals surface area contributed by atoms with Gasteiger partial charge in [-0.2, -0.15) is 0 Å². The van der Waals surface area contributed by atoms with E-state index in [0.717, 1.165) is 45.4 Å². The smallest absolute Gasteiger partial charge is 0.156 e. The van der Waals surface area contributed by atoms with E-state index in [-0.39, 0.29) is 16.5 Å². The third-order valence-electron chi connectivity index (χ3n) is 5.53. The zero-order valence-corrected chi connectivity index (χ0v) is 14.1. The average molecular weight is 331 g/mol. The van der Waals surface area contributed by atoms with Gasteiger partial charge in [-0.3, -0.25) is 4.90 Å². The predicted molar refractivity (Wildman–Crippen MR) is 86.6 cm³/mol. The average Bonchev–Trinajstić information content (AvgIpc) is 2.56. The van der Waals surface area contributed by atoms with E-state index >= 15 is 0 Å². The molecular weight excluding hydrogens is 302 g/mol. The van der Waals surface area contributed by atoms with Gasteiger partial charge in [0.1, 0.15) is 0 Å². The molecule has 22 heavy (non-hydrogen) atoms. The molecule has 0 aromatic heterocycles. The molecule has 2 unspecified atom stereocenters. The van der Waals surface area contributed by atoms with Gasteiger partial charge < -0.3 is 15.8 Å². The van der Waals surface area contributed by atoms with Crippen LogP contribution in [-0.2, 0) is 14.6 Å². The SMILES string of the molecule is NC1CNCCC1N1CCC(S(=O)(=O)C2CCOCC2)CC1. The maximum Gasteiger partial charge on any atom is 0.156 e. The van der Waals surface area contributed by atoms with Crippen molar-refractivity contribution in [3.63, 3.8) is 0 Å². The lowest BCUT2D eigenvalue weighted by Crippen LogP contribution is -2.59. The quantitative estimate of drug-likeness (QED) is 0.741. The fraction of sp³-hybridized carbons (Fsp3) is 1.00. The molecule has 3 rings (SSSR count). The van der Waals surface area contributed by atoms with Crippen LogP contribution in [0.15, 0.2) is 0 Å². The Morgan fingerprint density at radius 2 is 1.64 bits per heavy atom. The summed E-state index contributed by atoms with van der Waals surface area (Å²) in [5, 5.41) is 2.98. The van der Waals surface area contributed by atoms with Crippen LogP contribution in [0.2, 0.25) is 0 Å². The van der Waals surface area contributed by atoms with E-state index in [1.54, 1.807) is 0 Å². The van der Waals surface area contributed by atoms with Crippen molar-refractivity contribution in [3.8, 4) is 0 Å². The van der Waals surface area contributed by atoms with E-state index in [9.17, 15) is 8.42 Å². The first kappa shape index (κ1) is 16.6. The molecule has 3 aliphatic rings. The summed E-state index contributed by atoms with van der Waals surface area (Å²) in [5.74, 6) is 0. The molecule has 0 radical (unpaired) electrons. The highest BCUT2D eigenvalue weighted by molar-refractivity contribution is 7.92. The van der Waals surface area contributed by atoms with E-state index in [4.69, 9.17) is 10.5 Å². The topological polar surface area (TPSA) is 84.7 Å². The zero-order valence-electron chi connectivity index (χ0n) is 13.2. The first-order valence-corrected chi connectivity index (χ1v) is 10.2. The standard InChI is InChI=1S/C15H29N3O3S/c16-14-11-17-6-1-15(14)18-7-2-12(3-8-18)22(19,20)13-4-9-21-10-5-13/h12-15,17H,1-11,16H2. The number of ether oxygens (including phenoxy) is 1. The second kappa shape index (κ2) is 7.13. The van der Waals surface area contributed by atoms with Gasteiger partial charge in [-0.05, 0) is 51.7 Å². The van der Waals surface area contributed by atoms with E-state index < -0.39 is 9.84 Å². The minimum absolute atomic E-state index is 0.162. The van der Waals surface area contributed by atoms with Crippen LogP contribution in [0.4, 0.5) is 0 Å². The molecule has 0 aromatic rings. The van der Waals surface area contributed by atoms with Crippen LogP contribution in [0.1, 0.15) is 32.1 Å². The fourth-order valence-electron chi connectivity index (χ4n) is 4.13. The molecular formula is C15H29N3O3S. The second-order valence-corrected chi connectivity index (χ2v) is 9.37. The third kappa shape index (κ3) is 3.48. The molecule has 3 fully saturated rings. The van der Waals surface area contributed by atoms with Gasteiger partial charge in [-0.1, -0.05) is 0 Å². The van der Waals surface area contributed by atoms with Gasteiger partial charge in [0, 0.05) is 31.8 Å². The Balaban J connectivity index is 1.56. The summed E-state index contributed by atoms with van der Waals surface area (Å²) < 4.78 is 30.9.